The number of halogens is 1. The molecule has 0 atom stereocenters. The van der Waals surface area contributed by atoms with Crippen LogP contribution in [0.15, 0.2) is 72.8 Å². The summed E-state index contributed by atoms with van der Waals surface area (Å²) < 4.78 is 41.6. The average molecular weight is 451 g/mol. The van der Waals surface area contributed by atoms with Crippen molar-refractivity contribution in [2.45, 2.75) is 25.8 Å². The molecule has 0 radical (unpaired) electrons. The van der Waals surface area contributed by atoms with Crippen LogP contribution in [0.3, 0.4) is 0 Å². The fourth-order valence-corrected chi connectivity index (χ4v) is 4.48. The van der Waals surface area contributed by atoms with Gasteiger partial charge in [0.25, 0.3) is 0 Å². The SMILES string of the molecule is Cc1cccc2c(NCc3ccccc3F)nc(CNS(=O)(=O)Cc3ccccc3)nc12. The van der Waals surface area contributed by atoms with Crippen LogP contribution in [0.1, 0.15) is 22.5 Å². The van der Waals surface area contributed by atoms with E-state index in [1.807, 2.05) is 31.2 Å². The third kappa shape index (κ3) is 5.27. The quantitative estimate of drug-likeness (QED) is 0.418. The van der Waals surface area contributed by atoms with Crippen molar-refractivity contribution in [2.75, 3.05) is 5.32 Å². The number of nitrogens with zero attached hydrogens (tertiary/aromatic N) is 2. The number of aromatic nitrogens is 2. The predicted octanol–water partition coefficient (Wildman–Crippen LogP) is 4.31. The van der Waals surface area contributed by atoms with E-state index in [0.29, 0.717) is 22.8 Å². The second-order valence-electron chi connectivity index (χ2n) is 7.47. The molecule has 0 aliphatic rings. The Morgan fingerprint density at radius 1 is 0.875 bits per heavy atom. The van der Waals surface area contributed by atoms with Crippen LogP contribution in [0, 0.1) is 12.7 Å². The van der Waals surface area contributed by atoms with E-state index in [1.54, 1.807) is 42.5 Å². The van der Waals surface area contributed by atoms with Crippen LogP contribution in [0.2, 0.25) is 0 Å². The maximum absolute atomic E-state index is 14.0. The van der Waals surface area contributed by atoms with Gasteiger partial charge in [0.05, 0.1) is 17.8 Å². The van der Waals surface area contributed by atoms with Gasteiger partial charge < -0.3 is 5.32 Å². The third-order valence-electron chi connectivity index (χ3n) is 5.03. The topological polar surface area (TPSA) is 84.0 Å². The number of anilines is 1. The molecule has 0 bridgehead atoms. The molecule has 4 aromatic rings. The molecule has 0 fully saturated rings. The van der Waals surface area contributed by atoms with Gasteiger partial charge in [0.15, 0.2) is 0 Å². The summed E-state index contributed by atoms with van der Waals surface area (Å²) in [5, 5.41) is 3.97. The van der Waals surface area contributed by atoms with Crippen LogP contribution >= 0.6 is 0 Å². The molecular weight excluding hydrogens is 427 g/mol. The highest BCUT2D eigenvalue weighted by Gasteiger charge is 2.15. The molecular formula is C24H23FN4O2S. The third-order valence-corrected chi connectivity index (χ3v) is 6.33. The Bertz CT molecular complexity index is 1340. The van der Waals surface area contributed by atoms with Gasteiger partial charge >= 0.3 is 0 Å². The standard InChI is InChI=1S/C24H23FN4O2S/c1-17-8-7-12-20-23(17)28-22(15-27-32(30,31)16-18-9-3-2-4-10-18)29-24(20)26-14-19-11-5-6-13-21(19)25/h2-13,27H,14-16H2,1H3,(H,26,28,29). The van der Waals surface area contributed by atoms with Gasteiger partial charge in [0.2, 0.25) is 10.0 Å². The number of rotatable bonds is 8. The monoisotopic (exact) mass is 450 g/mol. The fourth-order valence-electron chi connectivity index (χ4n) is 3.40. The lowest BCUT2D eigenvalue weighted by Gasteiger charge is -2.13. The Balaban J connectivity index is 1.58. The lowest BCUT2D eigenvalue weighted by atomic mass is 10.1. The predicted molar refractivity (Wildman–Crippen MR) is 124 cm³/mol. The second-order valence-corrected chi connectivity index (χ2v) is 9.28. The molecule has 0 aliphatic carbocycles. The van der Waals surface area contributed by atoms with Crippen molar-refractivity contribution >= 4 is 26.7 Å². The zero-order valence-corrected chi connectivity index (χ0v) is 18.4. The number of sulfonamides is 1. The molecule has 0 unspecified atom stereocenters. The first-order chi connectivity index (χ1) is 15.4. The van der Waals surface area contributed by atoms with Crippen LogP contribution in [-0.4, -0.2) is 18.4 Å². The van der Waals surface area contributed by atoms with E-state index in [4.69, 9.17) is 0 Å². The van der Waals surface area contributed by atoms with Crippen LogP contribution < -0.4 is 10.0 Å². The maximum Gasteiger partial charge on any atom is 0.216 e. The van der Waals surface area contributed by atoms with Gasteiger partial charge in [-0.1, -0.05) is 60.7 Å². The van der Waals surface area contributed by atoms with E-state index >= 15 is 0 Å². The van der Waals surface area contributed by atoms with Gasteiger partial charge in [0.1, 0.15) is 17.5 Å². The summed E-state index contributed by atoms with van der Waals surface area (Å²) in [5.41, 5.74) is 2.86. The minimum atomic E-state index is -3.57. The van der Waals surface area contributed by atoms with Crippen molar-refractivity contribution in [3.05, 3.63) is 101 Å². The van der Waals surface area contributed by atoms with Crippen molar-refractivity contribution < 1.29 is 12.8 Å². The first kappa shape index (κ1) is 21.9. The minimum absolute atomic E-state index is 0.0478. The zero-order valence-electron chi connectivity index (χ0n) is 17.5. The van der Waals surface area contributed by atoms with Crippen LogP contribution in [0.5, 0.6) is 0 Å². The molecule has 1 heterocycles. The van der Waals surface area contributed by atoms with E-state index < -0.39 is 10.0 Å². The Labute approximate surface area is 186 Å². The maximum atomic E-state index is 14.0. The van der Waals surface area contributed by atoms with Crippen molar-refractivity contribution in [3.8, 4) is 0 Å². The Morgan fingerprint density at radius 3 is 2.41 bits per heavy atom. The molecule has 0 aliphatic heterocycles. The summed E-state index contributed by atoms with van der Waals surface area (Å²) >= 11 is 0. The summed E-state index contributed by atoms with van der Waals surface area (Å²) in [6.07, 6.45) is 0. The molecule has 1 aromatic heterocycles. The molecule has 3 aromatic carbocycles. The van der Waals surface area contributed by atoms with E-state index in [-0.39, 0.29) is 24.7 Å². The molecule has 0 spiro atoms. The molecule has 0 saturated carbocycles. The normalized spacial score (nSPS) is 11.6. The molecule has 0 saturated heterocycles. The van der Waals surface area contributed by atoms with Crippen molar-refractivity contribution in [2.24, 2.45) is 0 Å². The highest BCUT2D eigenvalue weighted by Crippen LogP contribution is 2.24. The largest absolute Gasteiger partial charge is 0.365 e. The van der Waals surface area contributed by atoms with Crippen LogP contribution in [0.4, 0.5) is 10.2 Å². The van der Waals surface area contributed by atoms with Gasteiger partial charge in [0, 0.05) is 17.5 Å². The van der Waals surface area contributed by atoms with Crippen molar-refractivity contribution in [1.82, 2.24) is 14.7 Å². The average Bonchev–Trinajstić information content (AvgIpc) is 2.78. The highest BCUT2D eigenvalue weighted by atomic mass is 32.2. The van der Waals surface area contributed by atoms with Gasteiger partial charge in [-0.25, -0.2) is 27.5 Å². The first-order valence-electron chi connectivity index (χ1n) is 10.2. The number of benzene rings is 3. The number of hydrogen-bond acceptors (Lipinski definition) is 5. The summed E-state index contributed by atoms with van der Waals surface area (Å²) in [4.78, 5) is 9.09. The Morgan fingerprint density at radius 2 is 1.62 bits per heavy atom. The Kier molecular flexibility index (Phi) is 6.43. The number of nitrogens with one attached hydrogen (secondary N) is 2. The zero-order chi connectivity index (χ0) is 22.6. The number of fused-ring (bicyclic) bond motifs is 1. The molecule has 164 valence electrons. The van der Waals surface area contributed by atoms with Gasteiger partial charge in [-0.2, -0.15) is 0 Å². The lowest BCUT2D eigenvalue weighted by Crippen LogP contribution is -2.26. The van der Waals surface area contributed by atoms with Gasteiger partial charge in [-0.05, 0) is 30.2 Å². The van der Waals surface area contributed by atoms with E-state index in [2.05, 4.69) is 20.0 Å². The molecule has 2 N–H and O–H groups in total. The molecule has 4 rings (SSSR count). The van der Waals surface area contributed by atoms with Gasteiger partial charge in [-0.3, -0.25) is 0 Å². The lowest BCUT2D eigenvalue weighted by molar-refractivity contribution is 0.578. The minimum Gasteiger partial charge on any atom is -0.365 e. The van der Waals surface area contributed by atoms with Crippen molar-refractivity contribution in [3.63, 3.8) is 0 Å². The van der Waals surface area contributed by atoms with Crippen LogP contribution in [-0.2, 0) is 28.9 Å². The molecule has 32 heavy (non-hydrogen) atoms. The fraction of sp³-hybridized carbons (Fsp3) is 0.167. The van der Waals surface area contributed by atoms with Crippen molar-refractivity contribution in [1.29, 1.82) is 0 Å². The summed E-state index contributed by atoms with van der Waals surface area (Å²) in [5.74, 6) is 0.431. The van der Waals surface area contributed by atoms with Crippen LogP contribution in [0.25, 0.3) is 10.9 Å². The smallest absolute Gasteiger partial charge is 0.216 e. The summed E-state index contributed by atoms with van der Waals surface area (Å²) in [6, 6.07) is 21.2. The second kappa shape index (κ2) is 9.42. The summed E-state index contributed by atoms with van der Waals surface area (Å²) in [6.45, 7) is 2.12. The van der Waals surface area contributed by atoms with Gasteiger partial charge in [-0.15, -0.1) is 0 Å². The first-order valence-corrected chi connectivity index (χ1v) is 11.8. The van der Waals surface area contributed by atoms with E-state index in [1.165, 1.54) is 6.07 Å². The van der Waals surface area contributed by atoms with E-state index in [0.717, 1.165) is 16.5 Å². The van der Waals surface area contributed by atoms with E-state index in [9.17, 15) is 12.8 Å². The Hall–Kier alpha value is -3.36. The summed E-state index contributed by atoms with van der Waals surface area (Å²) in [7, 11) is -3.57. The molecule has 8 heteroatoms. The number of hydrogen-bond donors (Lipinski definition) is 2. The highest BCUT2D eigenvalue weighted by molar-refractivity contribution is 7.88. The molecule has 0 amide bonds. The number of para-hydroxylation sites is 1. The molecule has 6 nitrogen and oxygen atoms in total. The number of aryl methyl sites for hydroxylation is 1.